The normalized spacial score (nSPS) is 17.3. The predicted molar refractivity (Wildman–Crippen MR) is 70.3 cm³/mol. The molecule has 0 saturated carbocycles. The summed E-state index contributed by atoms with van der Waals surface area (Å²) in [4.78, 5) is 0. The molecule has 1 unspecified atom stereocenters. The third kappa shape index (κ3) is 3.15. The molecule has 0 spiro atoms. The van der Waals surface area contributed by atoms with E-state index in [0.717, 1.165) is 24.7 Å². The molecule has 18 heavy (non-hydrogen) atoms. The van der Waals surface area contributed by atoms with Crippen molar-refractivity contribution < 1.29 is 14.2 Å². The van der Waals surface area contributed by atoms with E-state index in [1.807, 2.05) is 19.1 Å². The summed E-state index contributed by atoms with van der Waals surface area (Å²) in [6.07, 6.45) is 0. The fourth-order valence-electron chi connectivity index (χ4n) is 2.06. The number of ether oxygens (including phenoxy) is 3. The Bertz CT molecular complexity index is 381. The predicted octanol–water partition coefficient (Wildman–Crippen LogP) is 2.14. The first-order valence-corrected chi connectivity index (χ1v) is 6.55. The van der Waals surface area contributed by atoms with Gasteiger partial charge in [-0.1, -0.05) is 6.92 Å². The van der Waals surface area contributed by atoms with Crippen LogP contribution in [0.2, 0.25) is 0 Å². The Morgan fingerprint density at radius 3 is 3.00 bits per heavy atom. The largest absolute Gasteiger partial charge is 0.491 e. The van der Waals surface area contributed by atoms with E-state index >= 15 is 0 Å². The lowest BCUT2D eigenvalue weighted by Crippen LogP contribution is -2.21. The molecule has 2 rings (SSSR count). The molecule has 4 heteroatoms. The van der Waals surface area contributed by atoms with Crippen molar-refractivity contribution in [2.75, 3.05) is 33.0 Å². The highest BCUT2D eigenvalue weighted by Crippen LogP contribution is 2.35. The highest BCUT2D eigenvalue weighted by molar-refractivity contribution is 5.45. The number of likely N-dealkylation sites (N-methyl/N-ethyl adjacent to an activating group) is 1. The number of fused-ring (bicyclic) bond motifs is 1. The van der Waals surface area contributed by atoms with Crippen LogP contribution in [0.1, 0.15) is 25.5 Å². The van der Waals surface area contributed by atoms with E-state index in [1.54, 1.807) is 0 Å². The third-order valence-corrected chi connectivity index (χ3v) is 2.92. The van der Waals surface area contributed by atoms with Crippen LogP contribution in [-0.4, -0.2) is 33.0 Å². The second-order valence-electron chi connectivity index (χ2n) is 4.17. The summed E-state index contributed by atoms with van der Waals surface area (Å²) in [5.74, 6) is 1.76. The van der Waals surface area contributed by atoms with E-state index in [1.165, 1.54) is 5.56 Å². The molecule has 100 valence electrons. The average Bonchev–Trinajstić information content (AvgIpc) is 2.78. The Kier molecular flexibility index (Phi) is 4.84. The van der Waals surface area contributed by atoms with E-state index in [0.29, 0.717) is 25.9 Å². The molecule has 1 aromatic carbocycles. The van der Waals surface area contributed by atoms with Crippen LogP contribution < -0.4 is 14.8 Å². The van der Waals surface area contributed by atoms with Crippen molar-refractivity contribution in [2.45, 2.75) is 19.9 Å². The average molecular weight is 251 g/mol. The highest BCUT2D eigenvalue weighted by atomic mass is 16.5. The van der Waals surface area contributed by atoms with E-state index in [-0.39, 0.29) is 0 Å². The van der Waals surface area contributed by atoms with Crippen molar-refractivity contribution >= 4 is 0 Å². The number of nitrogens with one attached hydrogen (secondary N) is 1. The maximum Gasteiger partial charge on any atom is 0.127 e. The number of rotatable bonds is 7. The van der Waals surface area contributed by atoms with E-state index in [4.69, 9.17) is 14.2 Å². The fraction of sp³-hybridized carbons (Fsp3) is 0.571. The zero-order chi connectivity index (χ0) is 12.8. The van der Waals surface area contributed by atoms with Gasteiger partial charge in [-0.2, -0.15) is 0 Å². The molecule has 0 aliphatic carbocycles. The van der Waals surface area contributed by atoms with E-state index in [2.05, 4.69) is 18.3 Å². The van der Waals surface area contributed by atoms with Crippen LogP contribution >= 0.6 is 0 Å². The van der Waals surface area contributed by atoms with Crippen molar-refractivity contribution in [1.82, 2.24) is 5.32 Å². The van der Waals surface area contributed by atoms with Crippen LogP contribution in [0.15, 0.2) is 18.2 Å². The summed E-state index contributed by atoms with van der Waals surface area (Å²) in [6, 6.07) is 6.33. The molecular weight excluding hydrogens is 230 g/mol. The lowest BCUT2D eigenvalue weighted by Gasteiger charge is -2.10. The van der Waals surface area contributed by atoms with Crippen molar-refractivity contribution in [1.29, 1.82) is 0 Å². The van der Waals surface area contributed by atoms with Crippen molar-refractivity contribution in [2.24, 2.45) is 0 Å². The van der Waals surface area contributed by atoms with Crippen LogP contribution in [-0.2, 0) is 4.74 Å². The van der Waals surface area contributed by atoms with E-state index < -0.39 is 0 Å². The van der Waals surface area contributed by atoms with Crippen LogP contribution in [0.4, 0.5) is 0 Å². The zero-order valence-electron chi connectivity index (χ0n) is 11.1. The molecule has 1 atom stereocenters. The Morgan fingerprint density at radius 1 is 1.33 bits per heavy atom. The minimum absolute atomic E-state index is 0.308. The second kappa shape index (κ2) is 6.61. The van der Waals surface area contributed by atoms with Gasteiger partial charge in [0, 0.05) is 18.2 Å². The molecule has 1 aliphatic rings. The molecule has 0 amide bonds. The summed E-state index contributed by atoms with van der Waals surface area (Å²) >= 11 is 0. The van der Waals surface area contributed by atoms with Crippen LogP contribution in [0, 0.1) is 0 Å². The van der Waals surface area contributed by atoms with Gasteiger partial charge in [-0.15, -0.1) is 0 Å². The van der Waals surface area contributed by atoms with Crippen molar-refractivity contribution in [3.05, 3.63) is 23.8 Å². The van der Waals surface area contributed by atoms with Gasteiger partial charge in [0.05, 0.1) is 12.6 Å². The van der Waals surface area contributed by atoms with Crippen LogP contribution in [0.25, 0.3) is 0 Å². The fourth-order valence-corrected chi connectivity index (χ4v) is 2.06. The summed E-state index contributed by atoms with van der Waals surface area (Å²) in [7, 11) is 0. The molecule has 4 nitrogen and oxygen atoms in total. The Hall–Kier alpha value is -1.26. The molecule has 1 aliphatic heterocycles. The zero-order valence-corrected chi connectivity index (χ0v) is 11.1. The third-order valence-electron chi connectivity index (χ3n) is 2.92. The lowest BCUT2D eigenvalue weighted by molar-refractivity contribution is 0.110. The molecular formula is C14H21NO3. The van der Waals surface area contributed by atoms with Gasteiger partial charge < -0.3 is 19.5 Å². The van der Waals surface area contributed by atoms with Gasteiger partial charge in [-0.3, -0.25) is 0 Å². The second-order valence-corrected chi connectivity index (χ2v) is 4.17. The van der Waals surface area contributed by atoms with Crippen LogP contribution in [0.5, 0.6) is 11.5 Å². The standard InChI is InChI=1S/C14H21NO3/c1-3-15-13-10-18-14-9-11(5-6-12(13)14)17-8-7-16-4-2/h5-6,9,13,15H,3-4,7-8,10H2,1-2H3. The monoisotopic (exact) mass is 251 g/mol. The lowest BCUT2D eigenvalue weighted by atomic mass is 10.1. The first-order chi connectivity index (χ1) is 8.85. The van der Waals surface area contributed by atoms with Gasteiger partial charge in [0.15, 0.2) is 0 Å². The van der Waals surface area contributed by atoms with Gasteiger partial charge in [0.1, 0.15) is 24.7 Å². The SMILES string of the molecule is CCNC1COc2cc(OCCOCC)ccc21. The van der Waals surface area contributed by atoms with Gasteiger partial charge in [0.2, 0.25) is 0 Å². The minimum atomic E-state index is 0.308. The summed E-state index contributed by atoms with van der Waals surface area (Å²) < 4.78 is 16.5. The molecule has 0 radical (unpaired) electrons. The van der Waals surface area contributed by atoms with Gasteiger partial charge in [0.25, 0.3) is 0 Å². The summed E-state index contributed by atoms with van der Waals surface area (Å²) in [5, 5.41) is 3.39. The molecule has 0 aromatic heterocycles. The molecule has 1 aromatic rings. The van der Waals surface area contributed by atoms with Crippen LogP contribution in [0.3, 0.4) is 0 Å². The Morgan fingerprint density at radius 2 is 2.22 bits per heavy atom. The molecule has 0 saturated heterocycles. The van der Waals surface area contributed by atoms with Gasteiger partial charge >= 0.3 is 0 Å². The van der Waals surface area contributed by atoms with Crippen molar-refractivity contribution in [3.8, 4) is 11.5 Å². The maximum atomic E-state index is 5.66. The highest BCUT2D eigenvalue weighted by Gasteiger charge is 2.23. The van der Waals surface area contributed by atoms with E-state index in [9.17, 15) is 0 Å². The Balaban J connectivity index is 1.92. The summed E-state index contributed by atoms with van der Waals surface area (Å²) in [5.41, 5.74) is 1.22. The molecule has 0 fully saturated rings. The van der Waals surface area contributed by atoms with Crippen molar-refractivity contribution in [3.63, 3.8) is 0 Å². The first-order valence-electron chi connectivity index (χ1n) is 6.55. The smallest absolute Gasteiger partial charge is 0.127 e. The molecule has 1 heterocycles. The topological polar surface area (TPSA) is 39.7 Å². The number of hydrogen-bond donors (Lipinski definition) is 1. The molecule has 0 bridgehead atoms. The minimum Gasteiger partial charge on any atom is -0.491 e. The van der Waals surface area contributed by atoms with Gasteiger partial charge in [-0.05, 0) is 25.6 Å². The first kappa shape index (κ1) is 13.2. The summed E-state index contributed by atoms with van der Waals surface area (Å²) in [6.45, 7) is 7.64. The number of benzene rings is 1. The quantitative estimate of drug-likeness (QED) is 0.754. The molecule has 1 N–H and O–H groups in total. The Labute approximate surface area is 108 Å². The number of hydrogen-bond acceptors (Lipinski definition) is 4. The van der Waals surface area contributed by atoms with Gasteiger partial charge in [-0.25, -0.2) is 0 Å². The maximum absolute atomic E-state index is 5.66.